The van der Waals surface area contributed by atoms with Crippen molar-refractivity contribution in [2.75, 3.05) is 61.0 Å². The van der Waals surface area contributed by atoms with Crippen LogP contribution in [0.25, 0.3) is 0 Å². The van der Waals surface area contributed by atoms with E-state index in [4.69, 9.17) is 5.11 Å². The summed E-state index contributed by atoms with van der Waals surface area (Å²) in [5.41, 5.74) is 4.55. The molecule has 1 saturated heterocycles. The fraction of sp³-hybridized carbons (Fsp3) is 0.409. The van der Waals surface area contributed by atoms with E-state index in [0.717, 1.165) is 67.9 Å². The average Bonchev–Trinajstić information content (AvgIpc) is 3.50. The van der Waals surface area contributed by atoms with Crippen molar-refractivity contribution in [1.29, 1.82) is 0 Å². The predicted octanol–water partition coefficient (Wildman–Crippen LogP) is 1.80. The number of nitrogens with one attached hydrogen (secondary N) is 2. The molecule has 0 spiro atoms. The number of aromatic nitrogens is 3. The molecule has 3 N–H and O–H groups in total. The molecule has 1 aromatic carbocycles. The van der Waals surface area contributed by atoms with Crippen LogP contribution < -0.4 is 15.1 Å². The molecule has 2 aliphatic heterocycles. The Labute approximate surface area is 190 Å². The van der Waals surface area contributed by atoms with Crippen LogP contribution >= 0.6 is 11.3 Å². The van der Waals surface area contributed by atoms with Crippen molar-refractivity contribution in [1.82, 2.24) is 20.1 Å². The first-order valence-corrected chi connectivity index (χ1v) is 11.8. The van der Waals surface area contributed by atoms with Gasteiger partial charge in [-0.3, -0.25) is 14.8 Å². The number of H-pyrrole nitrogens is 1. The first-order valence-electron chi connectivity index (χ1n) is 10.9. The van der Waals surface area contributed by atoms with Gasteiger partial charge in [0.05, 0.1) is 23.7 Å². The third kappa shape index (κ3) is 4.34. The van der Waals surface area contributed by atoms with Crippen molar-refractivity contribution in [2.45, 2.75) is 13.0 Å². The van der Waals surface area contributed by atoms with E-state index in [1.807, 2.05) is 35.8 Å². The van der Waals surface area contributed by atoms with Crippen molar-refractivity contribution in [3.8, 4) is 0 Å². The summed E-state index contributed by atoms with van der Waals surface area (Å²) in [6, 6.07) is 7.90. The second-order valence-corrected chi connectivity index (χ2v) is 8.90. The van der Waals surface area contributed by atoms with E-state index >= 15 is 0 Å². The normalized spacial score (nSPS) is 16.8. The van der Waals surface area contributed by atoms with E-state index in [1.54, 1.807) is 0 Å². The number of aliphatic hydroxyl groups is 1. The molecule has 0 unspecified atom stereocenters. The van der Waals surface area contributed by atoms with Crippen molar-refractivity contribution < 1.29 is 9.90 Å². The van der Waals surface area contributed by atoms with Gasteiger partial charge >= 0.3 is 0 Å². The third-order valence-corrected chi connectivity index (χ3v) is 6.97. The molecule has 9 nitrogen and oxygen atoms in total. The molecular formula is C22H27N7O2S. The highest BCUT2D eigenvalue weighted by atomic mass is 32.1. The van der Waals surface area contributed by atoms with Crippen LogP contribution in [0.2, 0.25) is 0 Å². The van der Waals surface area contributed by atoms with E-state index in [2.05, 4.69) is 35.2 Å². The SMILES string of the molecule is O=C(Nc1ccccc1N1CCN(CCO)CC1)c1csc(N2CCc3n[nH]cc3C2)n1. The van der Waals surface area contributed by atoms with E-state index in [0.29, 0.717) is 12.2 Å². The minimum absolute atomic E-state index is 0.183. The maximum atomic E-state index is 13.0. The zero-order valence-corrected chi connectivity index (χ0v) is 18.6. The molecule has 2 aliphatic rings. The lowest BCUT2D eigenvalue weighted by Crippen LogP contribution is -2.47. The number of carbonyl (C=O) groups is 1. The molecule has 1 amide bonds. The molecule has 0 bridgehead atoms. The van der Waals surface area contributed by atoms with Crippen LogP contribution in [0.4, 0.5) is 16.5 Å². The second-order valence-electron chi connectivity index (χ2n) is 8.07. The van der Waals surface area contributed by atoms with E-state index in [9.17, 15) is 4.79 Å². The summed E-state index contributed by atoms with van der Waals surface area (Å²) in [6.45, 7) is 6.00. The summed E-state index contributed by atoms with van der Waals surface area (Å²) in [7, 11) is 0. The highest BCUT2D eigenvalue weighted by molar-refractivity contribution is 7.13. The number of rotatable bonds is 6. The minimum atomic E-state index is -0.195. The number of hydrogen-bond acceptors (Lipinski definition) is 8. The topological polar surface area (TPSA) is 101 Å². The lowest BCUT2D eigenvalue weighted by atomic mass is 10.1. The van der Waals surface area contributed by atoms with Crippen LogP contribution in [0.1, 0.15) is 21.7 Å². The number of β-amino-alcohol motifs (C(OH)–C–C–N with tert-alkyl or cyclic N) is 1. The molecule has 2 aromatic heterocycles. The molecule has 10 heteroatoms. The van der Waals surface area contributed by atoms with Crippen molar-refractivity contribution in [2.24, 2.45) is 0 Å². The highest BCUT2D eigenvalue weighted by Crippen LogP contribution is 2.29. The van der Waals surface area contributed by atoms with Gasteiger partial charge in [-0.25, -0.2) is 4.98 Å². The van der Waals surface area contributed by atoms with E-state index < -0.39 is 0 Å². The number of anilines is 3. The summed E-state index contributed by atoms with van der Waals surface area (Å²) in [5.74, 6) is -0.195. The molecule has 4 heterocycles. The standard InChI is InChI=1S/C22H27N7O2S/c30-12-11-27-7-9-28(10-8-27)20-4-2-1-3-18(20)24-21(31)19-15-32-22(25-19)29-6-5-17-16(14-29)13-23-26-17/h1-4,13,15,30H,5-12,14H2,(H,23,26)(H,24,31). The Morgan fingerprint density at radius 1 is 1.16 bits per heavy atom. The number of nitrogens with zero attached hydrogens (tertiary/aromatic N) is 5. The first kappa shape index (κ1) is 20.9. The van der Waals surface area contributed by atoms with Gasteiger partial charge in [-0.1, -0.05) is 12.1 Å². The number of benzene rings is 1. The lowest BCUT2D eigenvalue weighted by Gasteiger charge is -2.36. The number of fused-ring (bicyclic) bond motifs is 1. The van der Waals surface area contributed by atoms with Crippen LogP contribution in [0.3, 0.4) is 0 Å². The summed E-state index contributed by atoms with van der Waals surface area (Å²) < 4.78 is 0. The molecule has 32 heavy (non-hydrogen) atoms. The van der Waals surface area contributed by atoms with E-state index in [1.165, 1.54) is 16.9 Å². The molecule has 0 aliphatic carbocycles. The van der Waals surface area contributed by atoms with Gasteiger partial charge in [-0.05, 0) is 12.1 Å². The fourth-order valence-electron chi connectivity index (χ4n) is 4.29. The maximum absolute atomic E-state index is 13.0. The van der Waals surface area contributed by atoms with Gasteiger partial charge < -0.3 is 20.2 Å². The van der Waals surface area contributed by atoms with Crippen LogP contribution in [0, 0.1) is 0 Å². The smallest absolute Gasteiger partial charge is 0.275 e. The Morgan fingerprint density at radius 2 is 2.00 bits per heavy atom. The number of para-hydroxylation sites is 2. The molecule has 0 radical (unpaired) electrons. The summed E-state index contributed by atoms with van der Waals surface area (Å²) in [5, 5.41) is 22.1. The molecule has 0 saturated carbocycles. The summed E-state index contributed by atoms with van der Waals surface area (Å²) in [4.78, 5) is 24.3. The zero-order chi connectivity index (χ0) is 21.9. The Balaban J connectivity index is 1.25. The number of hydrogen-bond donors (Lipinski definition) is 3. The minimum Gasteiger partial charge on any atom is -0.395 e. The number of carbonyl (C=O) groups excluding carboxylic acids is 1. The molecular weight excluding hydrogens is 426 g/mol. The monoisotopic (exact) mass is 453 g/mol. The zero-order valence-electron chi connectivity index (χ0n) is 17.8. The van der Waals surface area contributed by atoms with Crippen molar-refractivity contribution in [3.63, 3.8) is 0 Å². The van der Waals surface area contributed by atoms with Gasteiger partial charge in [-0.2, -0.15) is 5.10 Å². The Kier molecular flexibility index (Phi) is 6.06. The number of aliphatic hydroxyl groups excluding tert-OH is 1. The van der Waals surface area contributed by atoms with Gasteiger partial charge in [-0.15, -0.1) is 11.3 Å². The van der Waals surface area contributed by atoms with Gasteiger partial charge in [0.15, 0.2) is 5.13 Å². The highest BCUT2D eigenvalue weighted by Gasteiger charge is 2.23. The quantitative estimate of drug-likeness (QED) is 0.523. The Bertz CT molecular complexity index is 1070. The van der Waals surface area contributed by atoms with Crippen LogP contribution in [-0.4, -0.2) is 77.0 Å². The fourth-order valence-corrected chi connectivity index (χ4v) is 5.13. The van der Waals surface area contributed by atoms with Crippen LogP contribution in [0.15, 0.2) is 35.8 Å². The number of thiazole rings is 1. The average molecular weight is 454 g/mol. The van der Waals surface area contributed by atoms with Crippen molar-refractivity contribution >= 4 is 33.8 Å². The Morgan fingerprint density at radius 3 is 2.84 bits per heavy atom. The van der Waals surface area contributed by atoms with Gasteiger partial charge in [0.25, 0.3) is 5.91 Å². The molecule has 3 aromatic rings. The maximum Gasteiger partial charge on any atom is 0.275 e. The molecule has 5 rings (SSSR count). The number of aromatic amines is 1. The number of amides is 1. The van der Waals surface area contributed by atoms with Crippen LogP contribution in [0.5, 0.6) is 0 Å². The molecule has 0 atom stereocenters. The summed E-state index contributed by atoms with van der Waals surface area (Å²) in [6.07, 6.45) is 2.81. The van der Waals surface area contributed by atoms with Gasteiger partial charge in [0, 0.05) is 69.4 Å². The van der Waals surface area contributed by atoms with Gasteiger partial charge in [0.2, 0.25) is 0 Å². The Hall–Kier alpha value is -2.95. The predicted molar refractivity (Wildman–Crippen MR) is 126 cm³/mol. The number of piperazine rings is 1. The van der Waals surface area contributed by atoms with Gasteiger partial charge in [0.1, 0.15) is 5.69 Å². The molecule has 168 valence electrons. The second kappa shape index (κ2) is 9.27. The third-order valence-electron chi connectivity index (χ3n) is 6.07. The van der Waals surface area contributed by atoms with Crippen molar-refractivity contribution in [3.05, 3.63) is 52.8 Å². The molecule has 1 fully saturated rings. The van der Waals surface area contributed by atoms with E-state index in [-0.39, 0.29) is 12.5 Å². The van der Waals surface area contributed by atoms with Crippen LogP contribution in [-0.2, 0) is 13.0 Å². The largest absolute Gasteiger partial charge is 0.395 e. The summed E-state index contributed by atoms with van der Waals surface area (Å²) >= 11 is 1.50. The lowest BCUT2D eigenvalue weighted by molar-refractivity contribution is 0.102. The first-order chi connectivity index (χ1) is 15.7.